The Labute approximate surface area is 124 Å². The van der Waals surface area contributed by atoms with E-state index < -0.39 is 0 Å². The van der Waals surface area contributed by atoms with Crippen LogP contribution in [0.15, 0.2) is 22.7 Å². The maximum Gasteiger partial charge on any atom is 0.0641 e. The number of anilines is 1. The average molecular weight is 327 g/mol. The molecule has 0 radical (unpaired) electrons. The summed E-state index contributed by atoms with van der Waals surface area (Å²) in [5.41, 5.74) is 8.24. The molecular weight excluding hydrogens is 304 g/mol. The Bertz CT molecular complexity index is 419. The van der Waals surface area contributed by atoms with Gasteiger partial charge in [-0.25, -0.2) is 0 Å². The highest BCUT2D eigenvalue weighted by Crippen LogP contribution is 2.29. The molecule has 4 heteroatoms. The summed E-state index contributed by atoms with van der Waals surface area (Å²) in [6.45, 7) is 4.63. The van der Waals surface area contributed by atoms with Gasteiger partial charge in [0.2, 0.25) is 0 Å². The second-order valence-corrected chi connectivity index (χ2v) is 6.29. The molecule has 1 aliphatic rings. The molecule has 0 saturated heterocycles. The van der Waals surface area contributed by atoms with Crippen molar-refractivity contribution in [1.29, 1.82) is 0 Å². The second-order valence-electron chi connectivity index (χ2n) is 5.43. The third kappa shape index (κ3) is 4.48. The smallest absolute Gasteiger partial charge is 0.0641 e. The highest BCUT2D eigenvalue weighted by Gasteiger charge is 2.21. The van der Waals surface area contributed by atoms with Gasteiger partial charge in [0.25, 0.3) is 0 Å². The van der Waals surface area contributed by atoms with Crippen LogP contribution in [0.5, 0.6) is 0 Å². The minimum Gasteiger partial charge on any atom is -0.379 e. The van der Waals surface area contributed by atoms with Crippen LogP contribution in [0.4, 0.5) is 5.69 Å². The molecule has 1 aromatic carbocycles. The zero-order chi connectivity index (χ0) is 13.8. The van der Waals surface area contributed by atoms with Crippen molar-refractivity contribution in [3.63, 3.8) is 0 Å². The van der Waals surface area contributed by atoms with Crippen molar-refractivity contribution in [3.8, 4) is 0 Å². The Balaban J connectivity index is 1.83. The predicted molar refractivity (Wildman–Crippen MR) is 83.6 cm³/mol. The molecule has 106 valence electrons. The van der Waals surface area contributed by atoms with Crippen LogP contribution >= 0.6 is 15.9 Å². The number of hydrogen-bond acceptors (Lipinski definition) is 3. The predicted octanol–water partition coefficient (Wildman–Crippen LogP) is 3.33. The molecule has 2 N–H and O–H groups in total. The summed E-state index contributed by atoms with van der Waals surface area (Å²) in [5, 5.41) is 0. The van der Waals surface area contributed by atoms with Crippen LogP contribution in [0.3, 0.4) is 0 Å². The van der Waals surface area contributed by atoms with Crippen LogP contribution in [-0.2, 0) is 4.74 Å². The third-order valence-corrected chi connectivity index (χ3v) is 4.22. The van der Waals surface area contributed by atoms with Gasteiger partial charge in [0.15, 0.2) is 0 Å². The summed E-state index contributed by atoms with van der Waals surface area (Å²) >= 11 is 3.59. The summed E-state index contributed by atoms with van der Waals surface area (Å²) in [7, 11) is 2.09. The molecule has 19 heavy (non-hydrogen) atoms. The molecule has 0 unspecified atom stereocenters. The molecule has 1 aliphatic carbocycles. The van der Waals surface area contributed by atoms with Crippen LogP contribution < -0.4 is 10.6 Å². The molecule has 0 aromatic heterocycles. The highest BCUT2D eigenvalue weighted by molar-refractivity contribution is 9.10. The second kappa shape index (κ2) is 6.73. The van der Waals surface area contributed by atoms with E-state index in [9.17, 15) is 0 Å². The number of benzene rings is 1. The summed E-state index contributed by atoms with van der Waals surface area (Å²) in [6, 6.07) is 6.38. The maximum absolute atomic E-state index is 5.91. The molecule has 1 fully saturated rings. The van der Waals surface area contributed by atoms with E-state index in [-0.39, 0.29) is 6.04 Å². The Morgan fingerprint density at radius 3 is 2.79 bits per heavy atom. The van der Waals surface area contributed by atoms with Gasteiger partial charge in [0.1, 0.15) is 0 Å². The first-order valence-corrected chi connectivity index (χ1v) is 7.71. The van der Waals surface area contributed by atoms with E-state index in [4.69, 9.17) is 10.5 Å². The van der Waals surface area contributed by atoms with E-state index in [2.05, 4.69) is 46.1 Å². The van der Waals surface area contributed by atoms with Crippen molar-refractivity contribution in [2.24, 2.45) is 11.7 Å². The minimum atomic E-state index is 0.0515. The molecule has 1 saturated carbocycles. The van der Waals surface area contributed by atoms with E-state index in [1.54, 1.807) is 0 Å². The van der Waals surface area contributed by atoms with Crippen LogP contribution in [-0.4, -0.2) is 26.8 Å². The van der Waals surface area contributed by atoms with Gasteiger partial charge in [-0.15, -0.1) is 0 Å². The van der Waals surface area contributed by atoms with Gasteiger partial charge >= 0.3 is 0 Å². The molecule has 0 bridgehead atoms. The van der Waals surface area contributed by atoms with E-state index in [1.165, 1.54) is 18.5 Å². The van der Waals surface area contributed by atoms with Gasteiger partial charge in [-0.2, -0.15) is 0 Å². The van der Waals surface area contributed by atoms with Crippen molar-refractivity contribution < 1.29 is 4.74 Å². The average Bonchev–Trinajstić information content (AvgIpc) is 3.17. The lowest BCUT2D eigenvalue weighted by Gasteiger charge is -2.21. The van der Waals surface area contributed by atoms with Gasteiger partial charge < -0.3 is 15.4 Å². The topological polar surface area (TPSA) is 38.5 Å². The van der Waals surface area contributed by atoms with Crippen LogP contribution in [0, 0.1) is 5.92 Å². The van der Waals surface area contributed by atoms with Gasteiger partial charge in [0, 0.05) is 36.4 Å². The molecule has 0 spiro atoms. The lowest BCUT2D eigenvalue weighted by atomic mass is 10.1. The molecule has 0 heterocycles. The molecule has 0 aliphatic heterocycles. The number of likely N-dealkylation sites (N-methyl/N-ethyl adjacent to an activating group) is 1. The zero-order valence-corrected chi connectivity index (χ0v) is 13.3. The number of rotatable bonds is 7. The first kappa shape index (κ1) is 14.8. The monoisotopic (exact) mass is 326 g/mol. The van der Waals surface area contributed by atoms with Gasteiger partial charge in [-0.3, -0.25) is 0 Å². The van der Waals surface area contributed by atoms with Gasteiger partial charge in [-0.1, -0.05) is 22.0 Å². The Morgan fingerprint density at radius 1 is 1.47 bits per heavy atom. The largest absolute Gasteiger partial charge is 0.379 e. The fourth-order valence-electron chi connectivity index (χ4n) is 1.99. The molecule has 3 nitrogen and oxygen atoms in total. The van der Waals surface area contributed by atoms with E-state index >= 15 is 0 Å². The van der Waals surface area contributed by atoms with Crippen LogP contribution in [0.25, 0.3) is 0 Å². The van der Waals surface area contributed by atoms with Gasteiger partial charge in [-0.05, 0) is 43.4 Å². The fourth-order valence-corrected chi connectivity index (χ4v) is 2.72. The lowest BCUT2D eigenvalue weighted by molar-refractivity contribution is 0.131. The Kier molecular flexibility index (Phi) is 5.25. The van der Waals surface area contributed by atoms with Crippen molar-refractivity contribution in [2.45, 2.75) is 25.8 Å². The summed E-state index contributed by atoms with van der Waals surface area (Å²) in [6.07, 6.45) is 2.70. The third-order valence-electron chi connectivity index (χ3n) is 3.54. The maximum atomic E-state index is 5.91. The number of hydrogen-bond donors (Lipinski definition) is 1. The SMILES string of the molecule is C[C@@H](N)c1ccc(N(C)CCOCC2CC2)cc1Br. The fraction of sp³-hybridized carbons (Fsp3) is 0.600. The number of nitrogens with zero attached hydrogens (tertiary/aromatic N) is 1. The number of halogens is 1. The van der Waals surface area contributed by atoms with Crippen molar-refractivity contribution >= 4 is 21.6 Å². The number of ether oxygens (including phenoxy) is 1. The molecule has 0 amide bonds. The van der Waals surface area contributed by atoms with Crippen LogP contribution in [0.1, 0.15) is 31.4 Å². The molecule has 2 rings (SSSR count). The van der Waals surface area contributed by atoms with Crippen molar-refractivity contribution in [3.05, 3.63) is 28.2 Å². The van der Waals surface area contributed by atoms with Gasteiger partial charge in [0.05, 0.1) is 6.61 Å². The highest BCUT2D eigenvalue weighted by atomic mass is 79.9. The van der Waals surface area contributed by atoms with Crippen molar-refractivity contribution in [1.82, 2.24) is 0 Å². The minimum absolute atomic E-state index is 0.0515. The summed E-state index contributed by atoms with van der Waals surface area (Å²) in [5.74, 6) is 0.838. The van der Waals surface area contributed by atoms with E-state index in [0.29, 0.717) is 0 Å². The van der Waals surface area contributed by atoms with Crippen LogP contribution in [0.2, 0.25) is 0 Å². The van der Waals surface area contributed by atoms with E-state index in [0.717, 1.165) is 35.7 Å². The van der Waals surface area contributed by atoms with Crippen molar-refractivity contribution in [2.75, 3.05) is 31.7 Å². The normalized spacial score (nSPS) is 16.4. The Morgan fingerprint density at radius 2 is 2.21 bits per heavy atom. The quantitative estimate of drug-likeness (QED) is 0.781. The lowest BCUT2D eigenvalue weighted by Crippen LogP contribution is -2.23. The summed E-state index contributed by atoms with van der Waals surface area (Å²) in [4.78, 5) is 2.21. The first-order chi connectivity index (χ1) is 9.08. The zero-order valence-electron chi connectivity index (χ0n) is 11.7. The van der Waals surface area contributed by atoms with E-state index in [1.807, 2.05) is 6.92 Å². The summed E-state index contributed by atoms with van der Waals surface area (Å²) < 4.78 is 6.74. The molecular formula is C15H23BrN2O. The Hall–Kier alpha value is -0.580. The number of nitrogens with two attached hydrogens (primary N) is 1. The molecule has 1 aromatic rings. The standard InChI is InChI=1S/C15H23BrN2O/c1-11(17)14-6-5-13(9-15(14)16)18(2)7-8-19-10-12-3-4-12/h5-6,9,11-12H,3-4,7-8,10,17H2,1-2H3/t11-/m1/s1. The first-order valence-electron chi connectivity index (χ1n) is 6.92. The molecule has 1 atom stereocenters.